The number of aromatic nitrogens is 2. The van der Waals surface area contributed by atoms with Crippen LogP contribution in [0.25, 0.3) is 0 Å². The van der Waals surface area contributed by atoms with Crippen molar-refractivity contribution >= 4 is 11.6 Å². The number of hydrogen-bond donors (Lipinski definition) is 1. The fourth-order valence-electron chi connectivity index (χ4n) is 3.53. The van der Waals surface area contributed by atoms with E-state index in [0.29, 0.717) is 18.0 Å². The second-order valence-corrected chi connectivity index (χ2v) is 5.73. The number of halogens is 1. The Balaban J connectivity index is 2.10. The highest BCUT2D eigenvalue weighted by atomic mass is 35.5. The number of nitrogens with one attached hydrogen (secondary N) is 1. The third-order valence-corrected chi connectivity index (χ3v) is 4.76. The lowest BCUT2D eigenvalue weighted by atomic mass is 10.1. The summed E-state index contributed by atoms with van der Waals surface area (Å²) in [6.07, 6.45) is 3.64. The molecule has 19 heavy (non-hydrogen) atoms. The SMILES string of the molecule is CCc1c(Cl)[nH]c(=O)n(C2CCN3CCCC23)c1=O. The summed E-state index contributed by atoms with van der Waals surface area (Å²) in [5.41, 5.74) is -0.0707. The zero-order chi connectivity index (χ0) is 13.6. The van der Waals surface area contributed by atoms with E-state index in [1.54, 1.807) is 0 Å². The first-order valence-electron chi connectivity index (χ1n) is 6.90. The molecular weight excluding hydrogens is 266 g/mol. The standard InChI is InChI=1S/C13H18ClN3O2/c1-2-8-11(14)15-13(19)17(12(8)18)10-5-7-16-6-3-4-9(10)16/h9-10H,2-7H2,1H3,(H,15,19). The zero-order valence-electron chi connectivity index (χ0n) is 11.0. The number of fused-ring (bicyclic) bond motifs is 1. The van der Waals surface area contributed by atoms with Crippen molar-refractivity contribution < 1.29 is 0 Å². The van der Waals surface area contributed by atoms with Gasteiger partial charge in [0, 0.05) is 12.6 Å². The Morgan fingerprint density at radius 2 is 2.05 bits per heavy atom. The van der Waals surface area contributed by atoms with Gasteiger partial charge < -0.3 is 0 Å². The highest BCUT2D eigenvalue weighted by Crippen LogP contribution is 2.34. The second-order valence-electron chi connectivity index (χ2n) is 5.35. The molecule has 0 bridgehead atoms. The Labute approximate surface area is 116 Å². The van der Waals surface area contributed by atoms with Crippen LogP contribution in [0, 0.1) is 0 Å². The summed E-state index contributed by atoms with van der Waals surface area (Å²) in [6.45, 7) is 3.94. The summed E-state index contributed by atoms with van der Waals surface area (Å²) in [5.74, 6) is 0. The molecule has 1 aromatic rings. The average molecular weight is 284 g/mol. The normalized spacial score (nSPS) is 26.8. The molecule has 2 saturated heterocycles. The van der Waals surface area contributed by atoms with E-state index in [1.807, 2.05) is 6.92 Å². The van der Waals surface area contributed by atoms with E-state index in [-0.39, 0.29) is 22.4 Å². The van der Waals surface area contributed by atoms with Gasteiger partial charge in [-0.15, -0.1) is 0 Å². The molecule has 3 heterocycles. The van der Waals surface area contributed by atoms with Gasteiger partial charge in [0.25, 0.3) is 5.56 Å². The Hall–Kier alpha value is -1.07. The first kappa shape index (κ1) is 12.9. The first-order chi connectivity index (χ1) is 9.13. The molecule has 1 N–H and O–H groups in total. The van der Waals surface area contributed by atoms with Gasteiger partial charge in [0.05, 0.1) is 11.6 Å². The van der Waals surface area contributed by atoms with Crippen molar-refractivity contribution in [2.75, 3.05) is 13.1 Å². The Bertz CT molecular complexity index is 607. The minimum absolute atomic E-state index is 0.00122. The molecule has 2 aliphatic rings. The minimum atomic E-state index is -0.369. The van der Waals surface area contributed by atoms with Crippen molar-refractivity contribution in [3.05, 3.63) is 31.6 Å². The minimum Gasteiger partial charge on any atom is -0.298 e. The fraction of sp³-hybridized carbons (Fsp3) is 0.692. The third kappa shape index (κ3) is 1.96. The van der Waals surface area contributed by atoms with Crippen LogP contribution in [0.15, 0.2) is 9.59 Å². The maximum Gasteiger partial charge on any atom is 0.329 e. The quantitative estimate of drug-likeness (QED) is 0.829. The van der Waals surface area contributed by atoms with Crippen LogP contribution in [-0.4, -0.2) is 33.6 Å². The van der Waals surface area contributed by atoms with Gasteiger partial charge in [-0.1, -0.05) is 18.5 Å². The van der Waals surface area contributed by atoms with Crippen LogP contribution in [0.5, 0.6) is 0 Å². The van der Waals surface area contributed by atoms with Crippen molar-refractivity contribution in [2.24, 2.45) is 0 Å². The summed E-state index contributed by atoms with van der Waals surface area (Å²) < 4.78 is 1.40. The average Bonchev–Trinajstić information content (AvgIpc) is 2.93. The van der Waals surface area contributed by atoms with E-state index in [4.69, 9.17) is 11.6 Å². The number of nitrogens with zero attached hydrogens (tertiary/aromatic N) is 2. The third-order valence-electron chi connectivity index (χ3n) is 4.43. The van der Waals surface area contributed by atoms with Crippen LogP contribution >= 0.6 is 11.6 Å². The van der Waals surface area contributed by atoms with Crippen LogP contribution in [0.2, 0.25) is 5.15 Å². The molecule has 5 nitrogen and oxygen atoms in total. The van der Waals surface area contributed by atoms with Crippen molar-refractivity contribution in [3.8, 4) is 0 Å². The van der Waals surface area contributed by atoms with Crippen molar-refractivity contribution in [1.29, 1.82) is 0 Å². The van der Waals surface area contributed by atoms with Crippen molar-refractivity contribution in [3.63, 3.8) is 0 Å². The van der Waals surface area contributed by atoms with Gasteiger partial charge >= 0.3 is 5.69 Å². The van der Waals surface area contributed by atoms with Gasteiger partial charge in [-0.3, -0.25) is 19.2 Å². The molecular formula is C13H18ClN3O2. The molecule has 0 saturated carbocycles. The molecule has 2 unspecified atom stereocenters. The monoisotopic (exact) mass is 283 g/mol. The van der Waals surface area contributed by atoms with E-state index in [2.05, 4.69) is 9.88 Å². The molecule has 0 amide bonds. The summed E-state index contributed by atoms with van der Waals surface area (Å²) in [7, 11) is 0. The lowest BCUT2D eigenvalue weighted by molar-refractivity contribution is 0.284. The van der Waals surface area contributed by atoms with Crippen LogP contribution in [-0.2, 0) is 6.42 Å². The number of H-pyrrole nitrogens is 1. The Morgan fingerprint density at radius 1 is 1.26 bits per heavy atom. The smallest absolute Gasteiger partial charge is 0.298 e. The van der Waals surface area contributed by atoms with Crippen molar-refractivity contribution in [1.82, 2.24) is 14.5 Å². The molecule has 2 atom stereocenters. The van der Waals surface area contributed by atoms with E-state index in [9.17, 15) is 9.59 Å². The molecule has 6 heteroatoms. The highest BCUT2D eigenvalue weighted by Gasteiger charge is 2.39. The molecule has 0 aromatic carbocycles. The van der Waals surface area contributed by atoms with Gasteiger partial charge in [-0.05, 0) is 32.2 Å². The van der Waals surface area contributed by atoms with Gasteiger partial charge in [-0.2, -0.15) is 0 Å². The summed E-state index contributed by atoms with van der Waals surface area (Å²) >= 11 is 5.95. The first-order valence-corrected chi connectivity index (χ1v) is 7.28. The molecule has 104 valence electrons. The van der Waals surface area contributed by atoms with Crippen molar-refractivity contribution in [2.45, 2.75) is 44.7 Å². The maximum absolute atomic E-state index is 12.5. The van der Waals surface area contributed by atoms with Gasteiger partial charge in [-0.25, -0.2) is 4.79 Å². The van der Waals surface area contributed by atoms with Crippen LogP contribution in [0.1, 0.15) is 37.8 Å². The Morgan fingerprint density at radius 3 is 2.79 bits per heavy atom. The summed E-state index contributed by atoms with van der Waals surface area (Å²) in [4.78, 5) is 29.6. The molecule has 1 aromatic heterocycles. The number of rotatable bonds is 2. The van der Waals surface area contributed by atoms with Gasteiger partial charge in [0.2, 0.25) is 0 Å². The molecule has 2 aliphatic heterocycles. The van der Waals surface area contributed by atoms with Crippen LogP contribution < -0.4 is 11.2 Å². The number of aromatic amines is 1. The molecule has 0 radical (unpaired) electrons. The van der Waals surface area contributed by atoms with E-state index < -0.39 is 0 Å². The lowest BCUT2D eigenvalue weighted by Gasteiger charge is -2.22. The van der Waals surface area contributed by atoms with Gasteiger partial charge in [0.15, 0.2) is 0 Å². The number of hydrogen-bond acceptors (Lipinski definition) is 3. The van der Waals surface area contributed by atoms with Crippen LogP contribution in [0.4, 0.5) is 0 Å². The topological polar surface area (TPSA) is 58.1 Å². The molecule has 0 aliphatic carbocycles. The maximum atomic E-state index is 12.5. The van der Waals surface area contributed by atoms with E-state index in [0.717, 1.165) is 32.4 Å². The largest absolute Gasteiger partial charge is 0.329 e. The highest BCUT2D eigenvalue weighted by molar-refractivity contribution is 6.30. The summed E-state index contributed by atoms with van der Waals surface area (Å²) in [6, 6.07) is 0.339. The molecule has 3 rings (SSSR count). The predicted molar refractivity (Wildman–Crippen MR) is 74.0 cm³/mol. The zero-order valence-corrected chi connectivity index (χ0v) is 11.7. The van der Waals surface area contributed by atoms with Crippen LogP contribution in [0.3, 0.4) is 0 Å². The Kier molecular flexibility index (Phi) is 3.27. The van der Waals surface area contributed by atoms with Gasteiger partial charge in [0.1, 0.15) is 5.15 Å². The summed E-state index contributed by atoms with van der Waals surface area (Å²) in [5, 5.41) is 0.190. The molecule has 2 fully saturated rings. The van der Waals surface area contributed by atoms with E-state index >= 15 is 0 Å². The second kappa shape index (κ2) is 4.80. The van der Waals surface area contributed by atoms with E-state index in [1.165, 1.54) is 4.57 Å². The molecule has 0 spiro atoms. The fourth-order valence-corrected chi connectivity index (χ4v) is 3.82. The lowest BCUT2D eigenvalue weighted by Crippen LogP contribution is -2.43. The predicted octanol–water partition coefficient (Wildman–Crippen LogP) is 1.16.